The van der Waals surface area contributed by atoms with Crippen molar-refractivity contribution in [2.45, 2.75) is 45.8 Å². The molecule has 0 saturated carbocycles. The molecule has 1 N–H and O–H groups in total. The summed E-state index contributed by atoms with van der Waals surface area (Å²) in [6.45, 7) is 9.09. The second kappa shape index (κ2) is 8.94. The first-order chi connectivity index (χ1) is 13.0. The van der Waals surface area contributed by atoms with Gasteiger partial charge in [-0.05, 0) is 80.4 Å². The lowest BCUT2D eigenvalue weighted by molar-refractivity contribution is -0.127. The minimum Gasteiger partial charge on any atom is -0.481 e. The highest BCUT2D eigenvalue weighted by molar-refractivity contribution is 5.80. The van der Waals surface area contributed by atoms with Crippen LogP contribution in [-0.4, -0.2) is 62.8 Å². The SMILES string of the molecule is CC1CCN([C@@H](C)CNC(=O)[C@H](C)Oc2ccc(-n3cnnn3)cc2)CC1. The van der Waals surface area contributed by atoms with E-state index in [0.717, 1.165) is 24.7 Å². The molecule has 1 aliphatic heterocycles. The fourth-order valence-corrected chi connectivity index (χ4v) is 3.21. The van der Waals surface area contributed by atoms with Gasteiger partial charge in [-0.1, -0.05) is 6.92 Å². The number of hydrogen-bond acceptors (Lipinski definition) is 6. The topological polar surface area (TPSA) is 85.2 Å². The van der Waals surface area contributed by atoms with Gasteiger partial charge in [0, 0.05) is 12.6 Å². The van der Waals surface area contributed by atoms with E-state index in [4.69, 9.17) is 4.74 Å². The average Bonchev–Trinajstić information content (AvgIpc) is 3.21. The number of nitrogens with one attached hydrogen (secondary N) is 1. The van der Waals surface area contributed by atoms with E-state index >= 15 is 0 Å². The van der Waals surface area contributed by atoms with Gasteiger partial charge in [-0.2, -0.15) is 0 Å². The number of rotatable bonds is 7. The molecule has 1 aromatic heterocycles. The lowest BCUT2D eigenvalue weighted by Crippen LogP contribution is -2.47. The minimum absolute atomic E-state index is 0.100. The Morgan fingerprint density at radius 3 is 2.59 bits per heavy atom. The molecule has 27 heavy (non-hydrogen) atoms. The van der Waals surface area contributed by atoms with Gasteiger partial charge in [-0.15, -0.1) is 5.10 Å². The molecule has 1 saturated heterocycles. The van der Waals surface area contributed by atoms with Crippen molar-refractivity contribution < 1.29 is 9.53 Å². The van der Waals surface area contributed by atoms with Crippen molar-refractivity contribution >= 4 is 5.91 Å². The predicted molar refractivity (Wildman–Crippen MR) is 102 cm³/mol. The quantitative estimate of drug-likeness (QED) is 0.796. The molecule has 3 rings (SSSR count). The van der Waals surface area contributed by atoms with Crippen LogP contribution in [0.25, 0.3) is 5.69 Å². The first-order valence-corrected chi connectivity index (χ1v) is 9.55. The van der Waals surface area contributed by atoms with Gasteiger partial charge >= 0.3 is 0 Å². The number of benzene rings is 1. The van der Waals surface area contributed by atoms with Crippen LogP contribution in [0.1, 0.15) is 33.6 Å². The van der Waals surface area contributed by atoms with Gasteiger partial charge in [0.2, 0.25) is 0 Å². The summed E-state index contributed by atoms with van der Waals surface area (Å²) in [6, 6.07) is 7.63. The van der Waals surface area contributed by atoms with Crippen molar-refractivity contribution in [1.29, 1.82) is 0 Å². The smallest absolute Gasteiger partial charge is 0.260 e. The zero-order valence-corrected chi connectivity index (χ0v) is 16.2. The lowest BCUT2D eigenvalue weighted by Gasteiger charge is -2.35. The van der Waals surface area contributed by atoms with Crippen LogP contribution in [0, 0.1) is 5.92 Å². The number of amides is 1. The maximum absolute atomic E-state index is 12.4. The summed E-state index contributed by atoms with van der Waals surface area (Å²) in [5.41, 5.74) is 0.828. The fourth-order valence-electron chi connectivity index (χ4n) is 3.21. The summed E-state index contributed by atoms with van der Waals surface area (Å²) in [5, 5.41) is 14.1. The third kappa shape index (κ3) is 5.26. The van der Waals surface area contributed by atoms with Gasteiger partial charge in [0.1, 0.15) is 12.1 Å². The van der Waals surface area contributed by atoms with E-state index in [1.54, 1.807) is 23.7 Å². The van der Waals surface area contributed by atoms with Crippen LogP contribution in [0.5, 0.6) is 5.75 Å². The number of tetrazole rings is 1. The Bertz CT molecular complexity index is 710. The molecular formula is C19H28N6O2. The molecule has 2 heterocycles. The number of ether oxygens (including phenoxy) is 1. The third-order valence-corrected chi connectivity index (χ3v) is 5.15. The van der Waals surface area contributed by atoms with Crippen molar-refractivity contribution in [3.8, 4) is 11.4 Å². The Kier molecular flexibility index (Phi) is 6.39. The van der Waals surface area contributed by atoms with E-state index in [1.807, 2.05) is 12.1 Å². The van der Waals surface area contributed by atoms with Gasteiger partial charge in [0.25, 0.3) is 5.91 Å². The highest BCUT2D eigenvalue weighted by Gasteiger charge is 2.22. The number of carbonyl (C=O) groups is 1. The summed E-state index contributed by atoms with van der Waals surface area (Å²) >= 11 is 0. The first-order valence-electron chi connectivity index (χ1n) is 9.55. The van der Waals surface area contributed by atoms with Crippen molar-refractivity contribution in [2.75, 3.05) is 19.6 Å². The molecule has 146 valence electrons. The summed E-state index contributed by atoms with van der Waals surface area (Å²) in [6.07, 6.45) is 3.44. The Morgan fingerprint density at radius 2 is 1.96 bits per heavy atom. The summed E-state index contributed by atoms with van der Waals surface area (Å²) in [4.78, 5) is 14.8. The molecule has 1 aromatic carbocycles. The highest BCUT2D eigenvalue weighted by atomic mass is 16.5. The van der Waals surface area contributed by atoms with Crippen molar-refractivity contribution in [2.24, 2.45) is 5.92 Å². The molecule has 0 aliphatic carbocycles. The van der Waals surface area contributed by atoms with Crippen LogP contribution in [0.4, 0.5) is 0 Å². The zero-order valence-electron chi connectivity index (χ0n) is 16.2. The van der Waals surface area contributed by atoms with Gasteiger partial charge in [-0.3, -0.25) is 9.69 Å². The van der Waals surface area contributed by atoms with E-state index in [9.17, 15) is 4.79 Å². The Labute approximate surface area is 159 Å². The van der Waals surface area contributed by atoms with Crippen molar-refractivity contribution in [3.63, 3.8) is 0 Å². The molecule has 0 spiro atoms. The number of nitrogens with zero attached hydrogens (tertiary/aromatic N) is 5. The molecule has 1 fully saturated rings. The van der Waals surface area contributed by atoms with E-state index in [0.29, 0.717) is 18.3 Å². The molecule has 2 aromatic rings. The fraction of sp³-hybridized carbons (Fsp3) is 0.579. The van der Waals surface area contributed by atoms with Crippen LogP contribution >= 0.6 is 0 Å². The normalized spacial score (nSPS) is 18.0. The number of hydrogen-bond donors (Lipinski definition) is 1. The maximum atomic E-state index is 12.4. The van der Waals surface area contributed by atoms with E-state index < -0.39 is 6.10 Å². The molecule has 1 amide bonds. The van der Waals surface area contributed by atoms with Gasteiger partial charge in [0.15, 0.2) is 6.10 Å². The second-order valence-electron chi connectivity index (χ2n) is 7.32. The Balaban J connectivity index is 1.44. The first kappa shape index (κ1) is 19.3. The summed E-state index contributed by atoms with van der Waals surface area (Å²) in [7, 11) is 0. The molecule has 0 bridgehead atoms. The molecule has 0 radical (unpaired) electrons. The molecule has 2 atom stereocenters. The number of aromatic nitrogens is 4. The Hall–Kier alpha value is -2.48. The molecular weight excluding hydrogens is 344 g/mol. The van der Waals surface area contributed by atoms with Crippen LogP contribution in [0.3, 0.4) is 0 Å². The molecule has 8 heteroatoms. The predicted octanol–water partition coefficient (Wildman–Crippen LogP) is 1.67. The maximum Gasteiger partial charge on any atom is 0.260 e. The number of carbonyl (C=O) groups excluding carboxylic acids is 1. The van der Waals surface area contributed by atoms with Crippen molar-refractivity contribution in [1.82, 2.24) is 30.4 Å². The van der Waals surface area contributed by atoms with Gasteiger partial charge in [0.05, 0.1) is 5.69 Å². The summed E-state index contributed by atoms with van der Waals surface area (Å²) in [5.74, 6) is 1.34. The molecule has 1 aliphatic rings. The third-order valence-electron chi connectivity index (χ3n) is 5.15. The summed E-state index contributed by atoms with van der Waals surface area (Å²) < 4.78 is 7.31. The van der Waals surface area contributed by atoms with Crippen LogP contribution < -0.4 is 10.1 Å². The molecule has 0 unspecified atom stereocenters. The van der Waals surface area contributed by atoms with Crippen LogP contribution in [0.2, 0.25) is 0 Å². The van der Waals surface area contributed by atoms with Crippen LogP contribution in [-0.2, 0) is 4.79 Å². The van der Waals surface area contributed by atoms with Crippen LogP contribution in [0.15, 0.2) is 30.6 Å². The highest BCUT2D eigenvalue weighted by Crippen LogP contribution is 2.18. The van der Waals surface area contributed by atoms with E-state index in [2.05, 4.69) is 39.6 Å². The van der Waals surface area contributed by atoms with Gasteiger partial charge in [-0.25, -0.2) is 4.68 Å². The molecule has 8 nitrogen and oxygen atoms in total. The number of likely N-dealkylation sites (tertiary alicyclic amines) is 1. The monoisotopic (exact) mass is 372 g/mol. The largest absolute Gasteiger partial charge is 0.481 e. The lowest BCUT2D eigenvalue weighted by atomic mass is 9.98. The number of piperidine rings is 1. The Morgan fingerprint density at radius 1 is 1.26 bits per heavy atom. The van der Waals surface area contributed by atoms with Crippen molar-refractivity contribution in [3.05, 3.63) is 30.6 Å². The second-order valence-corrected chi connectivity index (χ2v) is 7.32. The zero-order chi connectivity index (χ0) is 19.2. The van der Waals surface area contributed by atoms with E-state index in [-0.39, 0.29) is 5.91 Å². The standard InChI is InChI=1S/C19H28N6O2/c1-14-8-10-24(11-9-14)15(2)12-20-19(26)16(3)27-18-6-4-17(5-7-18)25-13-21-22-23-25/h4-7,13-16H,8-12H2,1-3H3,(H,20,26)/t15-,16-/m0/s1. The van der Waals surface area contributed by atoms with Gasteiger partial charge < -0.3 is 10.1 Å². The average molecular weight is 372 g/mol. The minimum atomic E-state index is -0.558. The van der Waals surface area contributed by atoms with E-state index in [1.165, 1.54) is 19.2 Å².